The highest BCUT2D eigenvalue weighted by atomic mass is 16.3. The van der Waals surface area contributed by atoms with Gasteiger partial charge in [-0.25, -0.2) is 0 Å². The molecule has 4 nitrogen and oxygen atoms in total. The second-order valence-corrected chi connectivity index (χ2v) is 4.89. The quantitative estimate of drug-likeness (QED) is 0.753. The van der Waals surface area contributed by atoms with Gasteiger partial charge in [0.1, 0.15) is 5.75 Å². The fourth-order valence-electron chi connectivity index (χ4n) is 2.17. The molecule has 0 aliphatic rings. The first-order valence-corrected chi connectivity index (χ1v) is 6.88. The van der Waals surface area contributed by atoms with Crippen molar-refractivity contribution >= 4 is 5.69 Å². The second kappa shape index (κ2) is 6.13. The smallest absolute Gasteiger partial charge is 0.120 e. The molecule has 0 aliphatic carbocycles. The maximum absolute atomic E-state index is 9.73. The average molecular weight is 279 g/mol. The molecular formula is C17H17N3O. The van der Waals surface area contributed by atoms with Gasteiger partial charge in [-0.15, -0.1) is 0 Å². The summed E-state index contributed by atoms with van der Waals surface area (Å²) in [6.45, 7) is 1.32. The van der Waals surface area contributed by atoms with Crippen LogP contribution in [0.1, 0.15) is 11.1 Å². The summed E-state index contributed by atoms with van der Waals surface area (Å²) < 4.78 is 1.89. The lowest BCUT2D eigenvalue weighted by atomic mass is 10.2. The van der Waals surface area contributed by atoms with Gasteiger partial charge in [0.15, 0.2) is 0 Å². The fraction of sp³-hybridized carbons (Fsp3) is 0.118. The molecule has 0 atom stereocenters. The molecule has 21 heavy (non-hydrogen) atoms. The zero-order chi connectivity index (χ0) is 14.5. The SMILES string of the molecule is Oc1ccccc1CNc1cnn(Cc2ccccc2)c1. The van der Waals surface area contributed by atoms with E-state index in [4.69, 9.17) is 0 Å². The number of benzene rings is 2. The number of phenols is 1. The number of aromatic hydroxyl groups is 1. The van der Waals surface area contributed by atoms with Crippen LogP contribution in [0.15, 0.2) is 67.0 Å². The molecule has 1 heterocycles. The number of hydrogen-bond donors (Lipinski definition) is 2. The van der Waals surface area contributed by atoms with Crippen molar-refractivity contribution < 1.29 is 5.11 Å². The van der Waals surface area contributed by atoms with E-state index in [1.54, 1.807) is 12.3 Å². The van der Waals surface area contributed by atoms with E-state index in [1.165, 1.54) is 5.56 Å². The Hall–Kier alpha value is -2.75. The topological polar surface area (TPSA) is 50.1 Å². The maximum Gasteiger partial charge on any atom is 0.120 e. The van der Waals surface area contributed by atoms with Crippen molar-refractivity contribution in [2.24, 2.45) is 0 Å². The average Bonchev–Trinajstić information content (AvgIpc) is 2.95. The van der Waals surface area contributed by atoms with Crippen LogP contribution < -0.4 is 5.32 Å². The van der Waals surface area contributed by atoms with Crippen LogP contribution in [0.3, 0.4) is 0 Å². The Morgan fingerprint density at radius 3 is 2.57 bits per heavy atom. The third-order valence-electron chi connectivity index (χ3n) is 3.30. The number of phenolic OH excluding ortho intramolecular Hbond substituents is 1. The van der Waals surface area contributed by atoms with Gasteiger partial charge >= 0.3 is 0 Å². The number of aromatic nitrogens is 2. The summed E-state index contributed by atoms with van der Waals surface area (Å²) in [6.07, 6.45) is 3.76. The Balaban J connectivity index is 1.62. The molecule has 1 aromatic heterocycles. The summed E-state index contributed by atoms with van der Waals surface area (Å²) in [7, 11) is 0. The van der Waals surface area contributed by atoms with E-state index in [9.17, 15) is 5.11 Å². The molecule has 4 heteroatoms. The normalized spacial score (nSPS) is 10.5. The number of hydrogen-bond acceptors (Lipinski definition) is 3. The van der Waals surface area contributed by atoms with Crippen LogP contribution in [-0.2, 0) is 13.1 Å². The Bertz CT molecular complexity index is 707. The number of rotatable bonds is 5. The van der Waals surface area contributed by atoms with Crippen LogP contribution in [0.5, 0.6) is 5.75 Å². The summed E-state index contributed by atoms with van der Waals surface area (Å²) in [5.41, 5.74) is 3.02. The highest BCUT2D eigenvalue weighted by molar-refractivity contribution is 5.41. The van der Waals surface area contributed by atoms with Gasteiger partial charge in [0, 0.05) is 18.3 Å². The molecular weight excluding hydrogens is 262 g/mol. The van der Waals surface area contributed by atoms with Gasteiger partial charge in [-0.2, -0.15) is 5.10 Å². The highest BCUT2D eigenvalue weighted by Gasteiger charge is 2.02. The number of para-hydroxylation sites is 1. The Morgan fingerprint density at radius 1 is 1.00 bits per heavy atom. The lowest BCUT2D eigenvalue weighted by Gasteiger charge is -2.05. The van der Waals surface area contributed by atoms with Gasteiger partial charge in [0.25, 0.3) is 0 Å². The number of anilines is 1. The molecule has 0 saturated heterocycles. The molecule has 106 valence electrons. The molecule has 0 aliphatic heterocycles. The number of nitrogens with zero attached hydrogens (tertiary/aromatic N) is 2. The second-order valence-electron chi connectivity index (χ2n) is 4.89. The molecule has 0 fully saturated rings. The van der Waals surface area contributed by atoms with Gasteiger partial charge in [-0.3, -0.25) is 4.68 Å². The van der Waals surface area contributed by atoms with Gasteiger partial charge in [0.05, 0.1) is 18.4 Å². The van der Waals surface area contributed by atoms with Crippen LogP contribution in [-0.4, -0.2) is 14.9 Å². The van der Waals surface area contributed by atoms with Crippen LogP contribution >= 0.6 is 0 Å². The minimum atomic E-state index is 0.307. The van der Waals surface area contributed by atoms with Gasteiger partial charge < -0.3 is 10.4 Å². The molecule has 2 aromatic carbocycles. The minimum absolute atomic E-state index is 0.307. The molecule has 0 radical (unpaired) electrons. The largest absolute Gasteiger partial charge is 0.508 e. The van der Waals surface area contributed by atoms with Gasteiger partial charge in [-0.05, 0) is 11.6 Å². The van der Waals surface area contributed by atoms with E-state index < -0.39 is 0 Å². The highest BCUT2D eigenvalue weighted by Crippen LogP contribution is 2.17. The van der Waals surface area contributed by atoms with E-state index in [-0.39, 0.29) is 0 Å². The van der Waals surface area contributed by atoms with Crippen LogP contribution in [0.2, 0.25) is 0 Å². The predicted molar refractivity (Wildman–Crippen MR) is 83.2 cm³/mol. The van der Waals surface area contributed by atoms with E-state index >= 15 is 0 Å². The zero-order valence-electron chi connectivity index (χ0n) is 11.6. The number of nitrogens with one attached hydrogen (secondary N) is 1. The van der Waals surface area contributed by atoms with Crippen molar-refractivity contribution in [2.75, 3.05) is 5.32 Å². The molecule has 0 amide bonds. The van der Waals surface area contributed by atoms with Crippen molar-refractivity contribution in [3.8, 4) is 5.75 Å². The van der Waals surface area contributed by atoms with E-state index in [0.29, 0.717) is 12.3 Å². The summed E-state index contributed by atoms with van der Waals surface area (Å²) in [4.78, 5) is 0. The lowest BCUT2D eigenvalue weighted by Crippen LogP contribution is -2.00. The van der Waals surface area contributed by atoms with Crippen molar-refractivity contribution in [3.05, 3.63) is 78.1 Å². The summed E-state index contributed by atoms with van der Waals surface area (Å²) in [6, 6.07) is 17.5. The molecule has 0 bridgehead atoms. The molecule has 0 spiro atoms. The Kier molecular flexibility index (Phi) is 3.87. The Labute approximate surface area is 123 Å². The lowest BCUT2D eigenvalue weighted by molar-refractivity contribution is 0.469. The molecule has 0 saturated carbocycles. The first-order chi connectivity index (χ1) is 10.3. The first-order valence-electron chi connectivity index (χ1n) is 6.88. The summed E-state index contributed by atoms with van der Waals surface area (Å²) in [5, 5.41) is 17.3. The van der Waals surface area contributed by atoms with Crippen molar-refractivity contribution in [1.82, 2.24) is 9.78 Å². The Morgan fingerprint density at radius 2 is 1.76 bits per heavy atom. The van der Waals surface area contributed by atoms with Gasteiger partial charge in [-0.1, -0.05) is 48.5 Å². The maximum atomic E-state index is 9.73. The summed E-state index contributed by atoms with van der Waals surface area (Å²) >= 11 is 0. The van der Waals surface area contributed by atoms with E-state index in [1.807, 2.05) is 47.3 Å². The molecule has 0 unspecified atom stereocenters. The third kappa shape index (κ3) is 3.42. The van der Waals surface area contributed by atoms with Crippen LogP contribution in [0.4, 0.5) is 5.69 Å². The first kappa shape index (κ1) is 13.2. The van der Waals surface area contributed by atoms with Crippen molar-refractivity contribution in [2.45, 2.75) is 13.1 Å². The zero-order valence-corrected chi connectivity index (χ0v) is 11.6. The molecule has 3 aromatic rings. The predicted octanol–water partition coefficient (Wildman–Crippen LogP) is 3.25. The van der Waals surface area contributed by atoms with E-state index in [0.717, 1.165) is 17.8 Å². The molecule has 2 N–H and O–H groups in total. The van der Waals surface area contributed by atoms with Crippen molar-refractivity contribution in [1.29, 1.82) is 0 Å². The standard InChI is InChI=1S/C17H17N3O/c21-17-9-5-4-8-15(17)10-18-16-11-19-20(13-16)12-14-6-2-1-3-7-14/h1-9,11,13,18,21H,10,12H2. The van der Waals surface area contributed by atoms with Gasteiger partial charge in [0.2, 0.25) is 0 Å². The van der Waals surface area contributed by atoms with E-state index in [2.05, 4.69) is 22.5 Å². The van der Waals surface area contributed by atoms with Crippen LogP contribution in [0, 0.1) is 0 Å². The third-order valence-corrected chi connectivity index (χ3v) is 3.30. The fourth-order valence-corrected chi connectivity index (χ4v) is 2.17. The minimum Gasteiger partial charge on any atom is -0.508 e. The molecule has 3 rings (SSSR count). The summed E-state index contributed by atoms with van der Waals surface area (Å²) in [5.74, 6) is 0.307. The monoisotopic (exact) mass is 279 g/mol. The van der Waals surface area contributed by atoms with Crippen molar-refractivity contribution in [3.63, 3.8) is 0 Å². The van der Waals surface area contributed by atoms with Crippen LogP contribution in [0.25, 0.3) is 0 Å².